The zero-order valence-electron chi connectivity index (χ0n) is 14.5. The van der Waals surface area contributed by atoms with Crippen LogP contribution in [0.15, 0.2) is 70.1 Å². The molecule has 5 aromatic rings. The molecule has 26 heavy (non-hydrogen) atoms. The fourth-order valence-electron chi connectivity index (χ4n) is 3.70. The first-order valence-corrected chi connectivity index (χ1v) is 8.79. The number of H-pyrrole nitrogens is 1. The smallest absolute Gasteiger partial charge is 0.290 e. The maximum absolute atomic E-state index is 12.4. The van der Waals surface area contributed by atoms with Gasteiger partial charge in [0.2, 0.25) is 0 Å². The molecule has 4 heteroatoms. The quantitative estimate of drug-likeness (QED) is 0.513. The number of nitrogens with one attached hydrogen (secondary N) is 1. The van der Waals surface area contributed by atoms with Crippen LogP contribution in [-0.4, -0.2) is 9.72 Å². The predicted octanol–water partition coefficient (Wildman–Crippen LogP) is 4.78. The summed E-state index contributed by atoms with van der Waals surface area (Å²) in [6.07, 6.45) is 2.77. The van der Waals surface area contributed by atoms with Gasteiger partial charge in [0.05, 0.1) is 17.4 Å². The SMILES string of the molecule is Cc1ccc2c(ccc3c(CCn4oc5ccccc5c4=O)c[nH]c32)c1. The summed E-state index contributed by atoms with van der Waals surface area (Å²) in [7, 11) is 0. The molecule has 0 saturated heterocycles. The van der Waals surface area contributed by atoms with Crippen LogP contribution in [0.3, 0.4) is 0 Å². The van der Waals surface area contributed by atoms with Crippen molar-refractivity contribution in [2.45, 2.75) is 19.9 Å². The van der Waals surface area contributed by atoms with Crippen molar-refractivity contribution in [2.24, 2.45) is 0 Å². The molecule has 1 N–H and O–H groups in total. The standard InChI is InChI=1S/C22H18N2O2/c1-14-6-8-17-15(12-14)7-9-18-16(13-23-21(17)18)10-11-24-22(25)19-4-2-3-5-20(19)26-24/h2-9,12-13,23H,10-11H2,1H3. The van der Waals surface area contributed by atoms with Gasteiger partial charge < -0.3 is 9.51 Å². The average molecular weight is 342 g/mol. The molecule has 0 fully saturated rings. The number of aromatic amines is 1. The van der Waals surface area contributed by atoms with E-state index in [9.17, 15) is 4.79 Å². The van der Waals surface area contributed by atoms with Gasteiger partial charge in [-0.25, -0.2) is 0 Å². The number of aryl methyl sites for hydroxylation is 3. The van der Waals surface area contributed by atoms with Crippen molar-refractivity contribution < 1.29 is 4.52 Å². The number of hydrogen-bond donors (Lipinski definition) is 1. The molecule has 0 unspecified atom stereocenters. The monoisotopic (exact) mass is 342 g/mol. The maximum Gasteiger partial charge on any atom is 0.290 e. The van der Waals surface area contributed by atoms with Gasteiger partial charge in [-0.05, 0) is 36.4 Å². The number of hydrogen-bond acceptors (Lipinski definition) is 2. The Bertz CT molecular complexity index is 1320. The van der Waals surface area contributed by atoms with Crippen LogP contribution in [0.1, 0.15) is 11.1 Å². The van der Waals surface area contributed by atoms with E-state index in [1.165, 1.54) is 32.0 Å². The third-order valence-electron chi connectivity index (χ3n) is 5.05. The highest BCUT2D eigenvalue weighted by Gasteiger charge is 2.11. The van der Waals surface area contributed by atoms with E-state index in [0.29, 0.717) is 17.5 Å². The summed E-state index contributed by atoms with van der Waals surface area (Å²) in [5, 5.41) is 4.29. The Balaban J connectivity index is 1.52. The topological polar surface area (TPSA) is 50.9 Å². The van der Waals surface area contributed by atoms with Gasteiger partial charge in [0.1, 0.15) is 0 Å². The fraction of sp³-hybridized carbons (Fsp3) is 0.136. The normalized spacial score (nSPS) is 11.7. The van der Waals surface area contributed by atoms with Crippen molar-refractivity contribution in [3.05, 3.63) is 82.3 Å². The predicted molar refractivity (Wildman–Crippen MR) is 105 cm³/mol. The summed E-state index contributed by atoms with van der Waals surface area (Å²) in [6, 6.07) is 18.2. The van der Waals surface area contributed by atoms with Crippen LogP contribution in [0.2, 0.25) is 0 Å². The van der Waals surface area contributed by atoms with Crippen LogP contribution >= 0.6 is 0 Å². The molecule has 0 saturated carbocycles. The largest absolute Gasteiger partial charge is 0.376 e. The van der Waals surface area contributed by atoms with Crippen molar-refractivity contribution in [2.75, 3.05) is 0 Å². The molecule has 0 amide bonds. The summed E-state index contributed by atoms with van der Waals surface area (Å²) >= 11 is 0. The Morgan fingerprint density at radius 1 is 1.00 bits per heavy atom. The lowest BCUT2D eigenvalue weighted by Crippen LogP contribution is -2.15. The lowest BCUT2D eigenvalue weighted by atomic mass is 10.0. The lowest BCUT2D eigenvalue weighted by molar-refractivity contribution is 0.283. The second-order valence-electron chi connectivity index (χ2n) is 6.77. The van der Waals surface area contributed by atoms with E-state index in [4.69, 9.17) is 4.52 Å². The summed E-state index contributed by atoms with van der Waals surface area (Å²) in [6.45, 7) is 2.63. The first-order valence-electron chi connectivity index (χ1n) is 8.79. The molecule has 5 rings (SSSR count). The van der Waals surface area contributed by atoms with Crippen LogP contribution in [0.5, 0.6) is 0 Å². The Morgan fingerprint density at radius 3 is 2.73 bits per heavy atom. The molecule has 0 aliphatic rings. The second kappa shape index (κ2) is 5.63. The highest BCUT2D eigenvalue weighted by Crippen LogP contribution is 2.28. The van der Waals surface area contributed by atoms with Crippen molar-refractivity contribution in [3.8, 4) is 0 Å². The zero-order chi connectivity index (χ0) is 17.7. The Labute approximate surface area is 149 Å². The summed E-state index contributed by atoms with van der Waals surface area (Å²) in [4.78, 5) is 15.8. The number of benzene rings is 3. The van der Waals surface area contributed by atoms with Crippen molar-refractivity contribution in [3.63, 3.8) is 0 Å². The number of aromatic nitrogens is 2. The molecule has 0 radical (unpaired) electrons. The molecule has 0 aliphatic carbocycles. The minimum Gasteiger partial charge on any atom is -0.376 e. The van der Waals surface area contributed by atoms with Gasteiger partial charge in [0.25, 0.3) is 5.56 Å². The molecule has 0 bridgehead atoms. The molecular formula is C22H18N2O2. The molecule has 0 spiro atoms. The summed E-state index contributed by atoms with van der Waals surface area (Å²) in [5.41, 5.74) is 4.16. The fourth-order valence-corrected chi connectivity index (χ4v) is 3.70. The van der Waals surface area contributed by atoms with Crippen molar-refractivity contribution in [1.82, 2.24) is 9.72 Å². The third kappa shape index (κ3) is 2.26. The van der Waals surface area contributed by atoms with Crippen molar-refractivity contribution >= 4 is 32.6 Å². The van der Waals surface area contributed by atoms with Gasteiger partial charge in [-0.3, -0.25) is 4.79 Å². The maximum atomic E-state index is 12.4. The molecule has 2 heterocycles. The molecule has 0 atom stereocenters. The van der Waals surface area contributed by atoms with E-state index >= 15 is 0 Å². The molecule has 3 aromatic carbocycles. The van der Waals surface area contributed by atoms with E-state index in [0.717, 1.165) is 11.9 Å². The Hall–Kier alpha value is -3.27. The van der Waals surface area contributed by atoms with Gasteiger partial charge in [-0.1, -0.05) is 48.0 Å². The minimum atomic E-state index is -0.0682. The highest BCUT2D eigenvalue weighted by molar-refractivity contribution is 6.06. The van der Waals surface area contributed by atoms with E-state index in [1.54, 1.807) is 6.07 Å². The van der Waals surface area contributed by atoms with Crippen molar-refractivity contribution in [1.29, 1.82) is 0 Å². The number of para-hydroxylation sites is 1. The summed E-state index contributed by atoms with van der Waals surface area (Å²) in [5.74, 6) is 0. The third-order valence-corrected chi connectivity index (χ3v) is 5.05. The number of nitrogens with zero attached hydrogens (tertiary/aromatic N) is 1. The van der Waals surface area contributed by atoms with Crippen LogP contribution < -0.4 is 5.56 Å². The van der Waals surface area contributed by atoms with Crippen LogP contribution in [0, 0.1) is 6.92 Å². The molecule has 2 aromatic heterocycles. The molecule has 0 aliphatic heterocycles. The Morgan fingerprint density at radius 2 is 1.85 bits per heavy atom. The van der Waals surface area contributed by atoms with E-state index in [1.807, 2.05) is 24.4 Å². The first-order chi connectivity index (χ1) is 12.7. The van der Waals surface area contributed by atoms with Gasteiger partial charge in [0.15, 0.2) is 5.58 Å². The highest BCUT2D eigenvalue weighted by atomic mass is 16.5. The number of rotatable bonds is 3. The lowest BCUT2D eigenvalue weighted by Gasteiger charge is -2.03. The van der Waals surface area contributed by atoms with E-state index in [2.05, 4.69) is 42.2 Å². The molecule has 4 nitrogen and oxygen atoms in total. The van der Waals surface area contributed by atoms with Crippen LogP contribution in [0.25, 0.3) is 32.6 Å². The Kier molecular flexibility index (Phi) is 3.25. The second-order valence-corrected chi connectivity index (χ2v) is 6.77. The van der Waals surface area contributed by atoms with Gasteiger partial charge in [-0.15, -0.1) is 0 Å². The van der Waals surface area contributed by atoms with Gasteiger partial charge in [-0.2, -0.15) is 4.74 Å². The van der Waals surface area contributed by atoms with Crippen LogP contribution in [-0.2, 0) is 13.0 Å². The molecule has 128 valence electrons. The zero-order valence-corrected chi connectivity index (χ0v) is 14.5. The average Bonchev–Trinajstić information content (AvgIpc) is 3.21. The summed E-state index contributed by atoms with van der Waals surface area (Å²) < 4.78 is 7.14. The van der Waals surface area contributed by atoms with E-state index < -0.39 is 0 Å². The minimum absolute atomic E-state index is 0.0682. The first kappa shape index (κ1) is 15.0. The van der Waals surface area contributed by atoms with E-state index in [-0.39, 0.29) is 5.56 Å². The van der Waals surface area contributed by atoms with Crippen LogP contribution in [0.4, 0.5) is 0 Å². The van der Waals surface area contributed by atoms with Gasteiger partial charge >= 0.3 is 0 Å². The number of fused-ring (bicyclic) bond motifs is 4. The molecular weight excluding hydrogens is 324 g/mol. The van der Waals surface area contributed by atoms with Gasteiger partial charge in [0, 0.05) is 17.0 Å².